The number of hydrogen-bond donors (Lipinski definition) is 2. The number of thiazole rings is 1. The van der Waals surface area contributed by atoms with E-state index in [2.05, 4.69) is 20.7 Å². The van der Waals surface area contributed by atoms with Crippen LogP contribution in [0.1, 0.15) is 28.7 Å². The minimum atomic E-state index is -3.84. The summed E-state index contributed by atoms with van der Waals surface area (Å²) in [7, 11) is -3.84. The van der Waals surface area contributed by atoms with Crippen molar-refractivity contribution in [1.82, 2.24) is 30.4 Å². The van der Waals surface area contributed by atoms with Gasteiger partial charge in [-0.2, -0.15) is 5.10 Å². The Morgan fingerprint density at radius 3 is 2.69 bits per heavy atom. The number of carbonyl (C=O) groups is 2. The molecule has 1 fully saturated rings. The minimum absolute atomic E-state index is 0.150. The molecule has 4 aromatic rings. The van der Waals surface area contributed by atoms with Crippen LogP contribution in [-0.2, 0) is 19.4 Å². The van der Waals surface area contributed by atoms with Crippen LogP contribution in [0.3, 0.4) is 0 Å². The number of amides is 2. The molecule has 0 radical (unpaired) electrons. The van der Waals surface area contributed by atoms with Crippen molar-refractivity contribution in [3.05, 3.63) is 59.4 Å². The number of fused-ring (bicyclic) bond motifs is 1. The smallest absolute Gasteiger partial charge is 0.245 e. The topological polar surface area (TPSA) is 136 Å². The van der Waals surface area contributed by atoms with E-state index in [0.717, 1.165) is 52.0 Å². The van der Waals surface area contributed by atoms with Crippen LogP contribution in [0.4, 0.5) is 0 Å². The Morgan fingerprint density at radius 1 is 1.19 bits per heavy atom. The molecule has 5 rings (SSSR count). The first-order valence-electron chi connectivity index (χ1n) is 11.3. The zero-order chi connectivity index (χ0) is 25.4. The first-order valence-corrected chi connectivity index (χ1v) is 14.1. The maximum absolute atomic E-state index is 12.8. The summed E-state index contributed by atoms with van der Waals surface area (Å²) in [4.78, 5) is 33.9. The van der Waals surface area contributed by atoms with E-state index in [1.54, 1.807) is 16.9 Å². The Kier molecular flexibility index (Phi) is 6.31. The third-order valence-corrected chi connectivity index (χ3v) is 8.16. The number of benzene rings is 1. The van der Waals surface area contributed by atoms with Crippen molar-refractivity contribution in [2.75, 3.05) is 12.8 Å². The molecular weight excluding hydrogens is 500 g/mol. The van der Waals surface area contributed by atoms with E-state index in [-0.39, 0.29) is 23.5 Å². The molecule has 1 atom stereocenters. The zero-order valence-electron chi connectivity index (χ0n) is 19.6. The van der Waals surface area contributed by atoms with Crippen LogP contribution in [0, 0.1) is 6.92 Å². The molecule has 2 N–H and O–H groups in total. The van der Waals surface area contributed by atoms with Crippen LogP contribution < -0.4 is 10.6 Å². The van der Waals surface area contributed by atoms with Gasteiger partial charge >= 0.3 is 0 Å². The Bertz CT molecular complexity index is 1570. The maximum Gasteiger partial charge on any atom is 0.245 e. The van der Waals surface area contributed by atoms with Gasteiger partial charge in [-0.1, -0.05) is 12.1 Å². The lowest BCUT2D eigenvalue weighted by Crippen LogP contribution is -2.41. The third-order valence-electron chi connectivity index (χ3n) is 5.64. The van der Waals surface area contributed by atoms with Crippen molar-refractivity contribution in [3.8, 4) is 17.1 Å². The highest BCUT2D eigenvalue weighted by Gasteiger charge is 2.34. The number of pyridine rings is 1. The minimum Gasteiger partial charge on any atom is -0.352 e. The summed E-state index contributed by atoms with van der Waals surface area (Å²) >= 11 is 1.13. The summed E-state index contributed by atoms with van der Waals surface area (Å²) in [5, 5.41) is 8.15. The molecule has 10 nitrogen and oxygen atoms in total. The van der Waals surface area contributed by atoms with Crippen molar-refractivity contribution in [1.29, 1.82) is 0 Å². The molecule has 186 valence electrons. The van der Waals surface area contributed by atoms with Crippen molar-refractivity contribution in [2.24, 2.45) is 0 Å². The molecule has 0 saturated heterocycles. The summed E-state index contributed by atoms with van der Waals surface area (Å²) in [6, 6.07) is 11.3. The van der Waals surface area contributed by atoms with E-state index in [1.165, 1.54) is 0 Å². The number of hydrogen-bond acceptors (Lipinski definition) is 8. The van der Waals surface area contributed by atoms with Gasteiger partial charge in [0.05, 0.1) is 28.7 Å². The summed E-state index contributed by atoms with van der Waals surface area (Å²) in [5.74, 6) is -0.441. The molecule has 1 aliphatic rings. The SMILES string of the molecule is Cc1cnn(-c2cccc(-c3ccc4nc(C(C(=O)NCC(=O)NC5CC5)S(C)(=O)=O)sc4c3)n2)c1. The number of nitrogens with one attached hydrogen (secondary N) is 2. The highest BCUT2D eigenvalue weighted by atomic mass is 32.2. The molecule has 36 heavy (non-hydrogen) atoms. The van der Waals surface area contributed by atoms with Gasteiger partial charge in [0.2, 0.25) is 11.8 Å². The van der Waals surface area contributed by atoms with Gasteiger partial charge in [0.25, 0.3) is 0 Å². The van der Waals surface area contributed by atoms with E-state index in [1.807, 2.05) is 43.5 Å². The molecule has 1 saturated carbocycles. The Morgan fingerprint density at radius 2 is 2.00 bits per heavy atom. The largest absolute Gasteiger partial charge is 0.352 e. The quantitative estimate of drug-likeness (QED) is 0.361. The lowest BCUT2D eigenvalue weighted by molar-refractivity contribution is -0.126. The second kappa shape index (κ2) is 9.43. The average molecular weight is 525 g/mol. The van der Waals surface area contributed by atoms with Crippen LogP contribution >= 0.6 is 11.3 Å². The van der Waals surface area contributed by atoms with Gasteiger partial charge in [-0.15, -0.1) is 11.3 Å². The Balaban J connectivity index is 1.41. The van der Waals surface area contributed by atoms with Gasteiger partial charge in [-0.05, 0) is 49.6 Å². The number of aryl methyl sites for hydroxylation is 1. The lowest BCUT2D eigenvalue weighted by atomic mass is 10.1. The second-order valence-electron chi connectivity index (χ2n) is 8.85. The van der Waals surface area contributed by atoms with Gasteiger partial charge in [0.1, 0.15) is 5.01 Å². The van der Waals surface area contributed by atoms with Crippen LogP contribution in [0.25, 0.3) is 27.3 Å². The Hall–Kier alpha value is -3.64. The molecule has 3 heterocycles. The van der Waals surface area contributed by atoms with Crippen molar-refractivity contribution >= 4 is 43.2 Å². The fraction of sp³-hybridized carbons (Fsp3) is 0.292. The second-order valence-corrected chi connectivity index (χ2v) is 12.0. The van der Waals surface area contributed by atoms with E-state index >= 15 is 0 Å². The monoisotopic (exact) mass is 524 g/mol. The van der Waals surface area contributed by atoms with Crippen LogP contribution in [0.2, 0.25) is 0 Å². The van der Waals surface area contributed by atoms with Gasteiger partial charge in [0, 0.05) is 24.1 Å². The maximum atomic E-state index is 12.8. The van der Waals surface area contributed by atoms with E-state index in [4.69, 9.17) is 4.98 Å². The number of sulfone groups is 1. The van der Waals surface area contributed by atoms with Gasteiger partial charge in [-0.3, -0.25) is 9.59 Å². The molecule has 2 amide bonds. The van der Waals surface area contributed by atoms with E-state index in [0.29, 0.717) is 11.3 Å². The van der Waals surface area contributed by atoms with E-state index < -0.39 is 21.0 Å². The number of rotatable bonds is 8. The summed E-state index contributed by atoms with van der Waals surface area (Å²) < 4.78 is 27.5. The summed E-state index contributed by atoms with van der Waals surface area (Å²) in [6.07, 6.45) is 6.47. The fourth-order valence-electron chi connectivity index (χ4n) is 3.72. The van der Waals surface area contributed by atoms with Gasteiger partial charge in [0.15, 0.2) is 20.9 Å². The van der Waals surface area contributed by atoms with Gasteiger partial charge in [-0.25, -0.2) is 23.1 Å². The van der Waals surface area contributed by atoms with Crippen LogP contribution in [-0.4, -0.2) is 58.8 Å². The number of aromatic nitrogens is 4. The average Bonchev–Trinajstić information content (AvgIpc) is 3.37. The summed E-state index contributed by atoms with van der Waals surface area (Å²) in [5.41, 5.74) is 3.14. The molecule has 0 bridgehead atoms. The van der Waals surface area contributed by atoms with Gasteiger partial charge < -0.3 is 10.6 Å². The molecule has 1 unspecified atom stereocenters. The first kappa shape index (κ1) is 24.1. The lowest BCUT2D eigenvalue weighted by Gasteiger charge is -2.12. The first-order chi connectivity index (χ1) is 17.2. The standard InChI is InChI=1S/C24H24N6O4S2/c1-14-11-26-30(13-14)20-5-3-4-17(28-20)15-6-9-18-19(10-15)35-24(29-18)22(36(2,33)34)23(32)25-12-21(31)27-16-7-8-16/h3-6,9-11,13,16,22H,7-8,12H2,1-2H3,(H,25,32)(H,27,31). The highest BCUT2D eigenvalue weighted by Crippen LogP contribution is 2.33. The van der Waals surface area contributed by atoms with Crippen molar-refractivity contribution in [2.45, 2.75) is 31.1 Å². The van der Waals surface area contributed by atoms with Crippen LogP contribution in [0.5, 0.6) is 0 Å². The predicted octanol–water partition coefficient (Wildman–Crippen LogP) is 2.33. The predicted molar refractivity (Wildman–Crippen MR) is 136 cm³/mol. The molecule has 0 aliphatic heterocycles. The highest BCUT2D eigenvalue weighted by molar-refractivity contribution is 7.91. The normalized spacial score (nSPS) is 14.5. The molecule has 12 heteroatoms. The molecular formula is C24H24N6O4S2. The van der Waals surface area contributed by atoms with E-state index in [9.17, 15) is 18.0 Å². The van der Waals surface area contributed by atoms with Crippen LogP contribution in [0.15, 0.2) is 48.8 Å². The molecule has 0 spiro atoms. The number of nitrogens with zero attached hydrogens (tertiary/aromatic N) is 4. The molecule has 3 aromatic heterocycles. The molecule has 1 aromatic carbocycles. The van der Waals surface area contributed by atoms with Crippen molar-refractivity contribution in [3.63, 3.8) is 0 Å². The fourth-order valence-corrected chi connectivity index (χ4v) is 6.27. The summed E-state index contributed by atoms with van der Waals surface area (Å²) in [6.45, 7) is 1.67. The molecule has 1 aliphatic carbocycles. The third kappa shape index (κ3) is 5.29. The zero-order valence-corrected chi connectivity index (χ0v) is 21.3. The van der Waals surface area contributed by atoms with Crippen molar-refractivity contribution < 1.29 is 18.0 Å². The Labute approximate surface area is 211 Å². The number of carbonyl (C=O) groups excluding carboxylic acids is 2.